The van der Waals surface area contributed by atoms with Gasteiger partial charge in [-0.2, -0.15) is 0 Å². The highest BCUT2D eigenvalue weighted by Crippen LogP contribution is 1.98. The van der Waals surface area contributed by atoms with E-state index in [0.29, 0.717) is 0 Å². The van der Waals surface area contributed by atoms with Crippen LogP contribution in [-0.4, -0.2) is 36.4 Å². The molecule has 0 aromatic rings. The van der Waals surface area contributed by atoms with Crippen LogP contribution in [0.3, 0.4) is 0 Å². The summed E-state index contributed by atoms with van der Waals surface area (Å²) in [7, 11) is 0. The number of ether oxygens (including phenoxy) is 2. The van der Waals surface area contributed by atoms with Crippen molar-refractivity contribution < 1.29 is 24.2 Å². The van der Waals surface area contributed by atoms with Crippen LogP contribution >= 0.6 is 0 Å². The summed E-state index contributed by atoms with van der Waals surface area (Å²) >= 11 is 0. The van der Waals surface area contributed by atoms with Gasteiger partial charge in [0.25, 0.3) is 0 Å². The number of carbonyl (C=O) groups is 2. The maximum atomic E-state index is 11.6. The number of aliphatic hydroxyl groups is 1. The summed E-state index contributed by atoms with van der Waals surface area (Å²) in [5.41, 5.74) is 0. The fraction of sp³-hybridized carbons (Fsp3) is 0.500. The molecule has 0 bridgehead atoms. The molecule has 0 radical (unpaired) electrons. The zero-order valence-electron chi connectivity index (χ0n) is 17.8. The third-order valence-electron chi connectivity index (χ3n) is 3.56. The molecule has 0 spiro atoms. The van der Waals surface area contributed by atoms with Crippen molar-refractivity contribution in [2.45, 2.75) is 64.9 Å². The Labute approximate surface area is 175 Å². The van der Waals surface area contributed by atoms with E-state index in [-0.39, 0.29) is 26.1 Å². The normalized spacial score (nSPS) is 13.3. The first-order valence-electron chi connectivity index (χ1n) is 10.3. The summed E-state index contributed by atoms with van der Waals surface area (Å²) in [5.74, 6) is -0.850. The topological polar surface area (TPSA) is 72.8 Å². The van der Waals surface area contributed by atoms with Gasteiger partial charge in [-0.05, 0) is 32.1 Å². The Morgan fingerprint density at radius 2 is 1.00 bits per heavy atom. The van der Waals surface area contributed by atoms with Crippen molar-refractivity contribution in [3.8, 4) is 0 Å². The predicted octanol–water partition coefficient (Wildman–Crippen LogP) is 4.99. The van der Waals surface area contributed by atoms with Crippen LogP contribution in [0.4, 0.5) is 0 Å². The molecule has 0 aromatic heterocycles. The van der Waals surface area contributed by atoms with Crippen molar-refractivity contribution >= 4 is 11.9 Å². The average Bonchev–Trinajstić information content (AvgIpc) is 2.72. The van der Waals surface area contributed by atoms with Gasteiger partial charge >= 0.3 is 11.9 Å². The lowest BCUT2D eigenvalue weighted by Gasteiger charge is -2.11. The predicted molar refractivity (Wildman–Crippen MR) is 117 cm³/mol. The molecule has 0 saturated heterocycles. The Morgan fingerprint density at radius 1 is 0.655 bits per heavy atom. The summed E-state index contributed by atoms with van der Waals surface area (Å²) in [6.07, 6.45) is 23.4. The van der Waals surface area contributed by atoms with Crippen LogP contribution in [0, 0.1) is 0 Å². The number of rotatable bonds is 16. The third kappa shape index (κ3) is 20.2. The van der Waals surface area contributed by atoms with Crippen molar-refractivity contribution in [1.29, 1.82) is 0 Å². The van der Waals surface area contributed by atoms with Gasteiger partial charge in [0.1, 0.15) is 19.3 Å². The molecule has 0 aromatic carbocycles. The van der Waals surface area contributed by atoms with Gasteiger partial charge in [0, 0.05) is 0 Å². The van der Waals surface area contributed by atoms with E-state index in [0.717, 1.165) is 32.1 Å². The Hall–Kier alpha value is -2.40. The van der Waals surface area contributed by atoms with Crippen LogP contribution in [0.2, 0.25) is 0 Å². The fourth-order valence-corrected chi connectivity index (χ4v) is 2.05. The van der Waals surface area contributed by atoms with Gasteiger partial charge < -0.3 is 14.6 Å². The summed E-state index contributed by atoms with van der Waals surface area (Å²) in [6.45, 7) is 3.77. The highest BCUT2D eigenvalue weighted by molar-refractivity contribution is 5.71. The average molecular weight is 405 g/mol. The molecule has 0 fully saturated rings. The molecule has 1 atom stereocenters. The molecule has 0 saturated carbocycles. The SMILES string of the molecule is CC/C=C\C/C=C\C/C=C\CC(=O)OCC(O)COC(=O)C/C=C\C/C=C\CC. The molecule has 0 amide bonds. The van der Waals surface area contributed by atoms with Gasteiger partial charge in [0.05, 0.1) is 12.8 Å². The second-order valence-corrected chi connectivity index (χ2v) is 6.31. The minimum Gasteiger partial charge on any atom is -0.463 e. The summed E-state index contributed by atoms with van der Waals surface area (Å²) in [5, 5.41) is 9.73. The summed E-state index contributed by atoms with van der Waals surface area (Å²) < 4.78 is 9.91. The Bertz CT molecular complexity index is 570. The van der Waals surface area contributed by atoms with Crippen molar-refractivity contribution in [2.24, 2.45) is 0 Å². The highest BCUT2D eigenvalue weighted by atomic mass is 16.6. The van der Waals surface area contributed by atoms with Crippen LogP contribution in [0.15, 0.2) is 60.8 Å². The van der Waals surface area contributed by atoms with Crippen molar-refractivity contribution in [3.05, 3.63) is 60.8 Å². The molecule has 0 heterocycles. The molecule has 5 nitrogen and oxygen atoms in total. The molecule has 0 aliphatic heterocycles. The van der Waals surface area contributed by atoms with Gasteiger partial charge in [-0.25, -0.2) is 0 Å². The number of aliphatic hydroxyl groups excluding tert-OH is 1. The molecule has 1 unspecified atom stereocenters. The Kier molecular flexibility index (Phi) is 18.7. The van der Waals surface area contributed by atoms with E-state index < -0.39 is 18.0 Å². The summed E-state index contributed by atoms with van der Waals surface area (Å²) in [6, 6.07) is 0. The number of allylic oxidation sites excluding steroid dienone is 8. The van der Waals surface area contributed by atoms with Crippen LogP contribution < -0.4 is 0 Å². The molecule has 162 valence electrons. The zero-order valence-corrected chi connectivity index (χ0v) is 17.8. The molecule has 5 heteroatoms. The molecule has 29 heavy (non-hydrogen) atoms. The van der Waals surface area contributed by atoms with E-state index >= 15 is 0 Å². The van der Waals surface area contributed by atoms with Crippen molar-refractivity contribution in [3.63, 3.8) is 0 Å². The second-order valence-electron chi connectivity index (χ2n) is 6.31. The highest BCUT2D eigenvalue weighted by Gasteiger charge is 2.10. The number of hydrogen-bond acceptors (Lipinski definition) is 5. The van der Waals surface area contributed by atoms with E-state index in [4.69, 9.17) is 9.47 Å². The van der Waals surface area contributed by atoms with Crippen LogP contribution in [0.1, 0.15) is 58.8 Å². The fourth-order valence-electron chi connectivity index (χ4n) is 2.05. The minimum absolute atomic E-state index is 0.146. The van der Waals surface area contributed by atoms with E-state index in [9.17, 15) is 14.7 Å². The lowest BCUT2D eigenvalue weighted by atomic mass is 10.2. The molecular weight excluding hydrogens is 368 g/mol. The molecule has 0 aliphatic carbocycles. The largest absolute Gasteiger partial charge is 0.463 e. The molecule has 1 N–H and O–H groups in total. The van der Waals surface area contributed by atoms with E-state index in [2.05, 4.69) is 38.2 Å². The van der Waals surface area contributed by atoms with Crippen LogP contribution in [-0.2, 0) is 19.1 Å². The van der Waals surface area contributed by atoms with Crippen LogP contribution in [0.25, 0.3) is 0 Å². The maximum Gasteiger partial charge on any atom is 0.309 e. The summed E-state index contributed by atoms with van der Waals surface area (Å²) in [4.78, 5) is 23.2. The molecular formula is C24H36O5. The lowest BCUT2D eigenvalue weighted by Crippen LogP contribution is -2.25. The van der Waals surface area contributed by atoms with Crippen LogP contribution in [0.5, 0.6) is 0 Å². The van der Waals surface area contributed by atoms with E-state index in [1.165, 1.54) is 0 Å². The molecule has 0 aliphatic rings. The number of esters is 2. The standard InChI is InChI=1S/C24H36O5/c1-3-5-7-9-11-12-13-15-17-19-24(27)29-21-22(25)20-28-23(26)18-16-14-10-8-6-4-2/h5-8,11-12,14-17,22,25H,3-4,9-10,13,18-21H2,1-2H3/b7-5-,8-6-,12-11-,16-14-,17-15-. The second kappa shape index (κ2) is 20.3. The molecule has 0 rings (SSSR count). The van der Waals surface area contributed by atoms with Crippen molar-refractivity contribution in [1.82, 2.24) is 0 Å². The lowest BCUT2D eigenvalue weighted by molar-refractivity contribution is -0.151. The smallest absolute Gasteiger partial charge is 0.309 e. The number of carbonyl (C=O) groups excluding carboxylic acids is 2. The van der Waals surface area contributed by atoms with Gasteiger partial charge in [-0.1, -0.05) is 74.6 Å². The van der Waals surface area contributed by atoms with Gasteiger partial charge in [-0.15, -0.1) is 0 Å². The first-order valence-corrected chi connectivity index (χ1v) is 10.3. The number of hydrogen-bond donors (Lipinski definition) is 1. The van der Waals surface area contributed by atoms with Crippen molar-refractivity contribution in [2.75, 3.05) is 13.2 Å². The Balaban J connectivity index is 3.77. The van der Waals surface area contributed by atoms with E-state index in [1.54, 1.807) is 12.2 Å². The van der Waals surface area contributed by atoms with Gasteiger partial charge in [0.2, 0.25) is 0 Å². The zero-order chi connectivity index (χ0) is 21.6. The first kappa shape index (κ1) is 26.6. The third-order valence-corrected chi connectivity index (χ3v) is 3.56. The van der Waals surface area contributed by atoms with Gasteiger partial charge in [-0.3, -0.25) is 9.59 Å². The minimum atomic E-state index is -1.03. The maximum absolute atomic E-state index is 11.6. The monoisotopic (exact) mass is 404 g/mol. The quantitative estimate of drug-likeness (QED) is 0.290. The Morgan fingerprint density at radius 3 is 1.38 bits per heavy atom. The first-order chi connectivity index (χ1) is 14.1. The van der Waals surface area contributed by atoms with Gasteiger partial charge in [0.15, 0.2) is 0 Å². The van der Waals surface area contributed by atoms with E-state index in [1.807, 2.05) is 24.3 Å².